The first kappa shape index (κ1) is 23.9. The van der Waals surface area contributed by atoms with Crippen molar-refractivity contribution in [3.8, 4) is 0 Å². The molecule has 1 aromatic heterocycles. The molecule has 0 spiro atoms. The van der Waals surface area contributed by atoms with E-state index < -0.39 is 21.9 Å². The fourth-order valence-electron chi connectivity index (χ4n) is 3.66. The van der Waals surface area contributed by atoms with Crippen LogP contribution in [0.2, 0.25) is 5.02 Å². The summed E-state index contributed by atoms with van der Waals surface area (Å²) in [7, 11) is -3.63. The Morgan fingerprint density at radius 1 is 1.13 bits per heavy atom. The van der Waals surface area contributed by atoms with E-state index in [2.05, 4.69) is 0 Å². The zero-order valence-electron chi connectivity index (χ0n) is 16.6. The number of piperazine rings is 1. The van der Waals surface area contributed by atoms with E-state index in [0.29, 0.717) is 26.2 Å². The molecule has 0 bridgehead atoms. The first-order valence-corrected chi connectivity index (χ1v) is 11.7. The summed E-state index contributed by atoms with van der Waals surface area (Å²) in [6.07, 6.45) is -3.96. The van der Waals surface area contributed by atoms with E-state index >= 15 is 0 Å². The van der Waals surface area contributed by atoms with Crippen LogP contribution in [0.3, 0.4) is 0 Å². The number of ether oxygens (including phenoxy) is 1. The van der Waals surface area contributed by atoms with Crippen LogP contribution in [0.4, 0.5) is 13.2 Å². The molecule has 3 rings (SSSR count). The van der Waals surface area contributed by atoms with E-state index in [-0.39, 0.29) is 41.6 Å². The quantitative estimate of drug-likeness (QED) is 0.610. The minimum Gasteiger partial charge on any atom is -0.373 e. The largest absolute Gasteiger partial charge is 0.417 e. The standard InChI is InChI=1S/C17H24ClF3N4O3S2/c1-12-8-25(9-13(2)28-12)30(26,27)24-5-3-22(4-6-24)11-23-10-14(17(19,20)21)7-15(18)16(23)29/h7,10,12-13H,3-6,8-9,11H2,1-2H3/t12-,13-/m0/s1. The number of pyridine rings is 1. The number of hydrogen-bond donors (Lipinski definition) is 0. The third kappa shape index (κ3) is 5.34. The molecule has 0 unspecified atom stereocenters. The molecule has 2 atom stereocenters. The summed E-state index contributed by atoms with van der Waals surface area (Å²) in [6.45, 7) is 5.57. The van der Waals surface area contributed by atoms with E-state index in [4.69, 9.17) is 28.6 Å². The van der Waals surface area contributed by atoms with Gasteiger partial charge in [0.15, 0.2) is 0 Å². The Morgan fingerprint density at radius 2 is 1.70 bits per heavy atom. The van der Waals surface area contributed by atoms with Crippen LogP contribution in [-0.4, -0.2) is 78.0 Å². The lowest BCUT2D eigenvalue weighted by Gasteiger charge is -2.40. The Balaban J connectivity index is 1.66. The van der Waals surface area contributed by atoms with Crippen molar-refractivity contribution in [3.05, 3.63) is 27.5 Å². The molecular formula is C17H24ClF3N4O3S2. The summed E-state index contributed by atoms with van der Waals surface area (Å²) in [5, 5.41) is -0.142. The number of rotatable bonds is 4. The molecule has 2 saturated heterocycles. The fourth-order valence-corrected chi connectivity index (χ4v) is 5.80. The van der Waals surface area contributed by atoms with Crippen molar-refractivity contribution in [1.29, 1.82) is 0 Å². The van der Waals surface area contributed by atoms with Crippen LogP contribution in [-0.2, 0) is 27.8 Å². The molecule has 170 valence electrons. The summed E-state index contributed by atoms with van der Waals surface area (Å²) in [6, 6.07) is 0.815. The highest BCUT2D eigenvalue weighted by molar-refractivity contribution is 7.86. The highest BCUT2D eigenvalue weighted by Crippen LogP contribution is 2.31. The number of halogens is 4. The van der Waals surface area contributed by atoms with Gasteiger partial charge in [0.1, 0.15) is 4.64 Å². The molecule has 1 aromatic rings. The van der Waals surface area contributed by atoms with Crippen LogP contribution < -0.4 is 0 Å². The van der Waals surface area contributed by atoms with Crippen molar-refractivity contribution in [3.63, 3.8) is 0 Å². The van der Waals surface area contributed by atoms with E-state index in [1.54, 1.807) is 0 Å². The maximum absolute atomic E-state index is 13.1. The van der Waals surface area contributed by atoms with Crippen molar-refractivity contribution in [1.82, 2.24) is 18.1 Å². The topological polar surface area (TPSA) is 58.0 Å². The summed E-state index contributed by atoms with van der Waals surface area (Å²) < 4.78 is 75.0. The zero-order chi connectivity index (χ0) is 22.3. The second-order valence-corrected chi connectivity index (χ2v) is 10.3. The van der Waals surface area contributed by atoms with Gasteiger partial charge in [-0.25, -0.2) is 0 Å². The van der Waals surface area contributed by atoms with Crippen molar-refractivity contribution < 1.29 is 26.3 Å². The van der Waals surface area contributed by atoms with Crippen LogP contribution in [0.5, 0.6) is 0 Å². The monoisotopic (exact) mass is 488 g/mol. The third-order valence-electron chi connectivity index (χ3n) is 5.09. The van der Waals surface area contributed by atoms with Gasteiger partial charge in [0.25, 0.3) is 10.2 Å². The Kier molecular flexibility index (Phi) is 7.17. The Morgan fingerprint density at radius 3 is 2.23 bits per heavy atom. The first-order chi connectivity index (χ1) is 13.9. The van der Waals surface area contributed by atoms with Crippen molar-refractivity contribution in [2.45, 2.75) is 38.9 Å². The first-order valence-electron chi connectivity index (χ1n) is 9.48. The van der Waals surface area contributed by atoms with Gasteiger partial charge in [0.2, 0.25) is 0 Å². The number of nitrogens with zero attached hydrogens (tertiary/aromatic N) is 4. The second kappa shape index (κ2) is 9.00. The number of aromatic nitrogens is 1. The van der Waals surface area contributed by atoms with Crippen LogP contribution in [0, 0.1) is 4.64 Å². The molecule has 13 heteroatoms. The molecule has 0 amide bonds. The lowest BCUT2D eigenvalue weighted by atomic mass is 10.3. The highest BCUT2D eigenvalue weighted by Gasteiger charge is 2.37. The van der Waals surface area contributed by atoms with E-state index in [9.17, 15) is 21.6 Å². The average Bonchev–Trinajstić information content (AvgIpc) is 2.64. The summed E-state index contributed by atoms with van der Waals surface area (Å²) in [4.78, 5) is 1.85. The fraction of sp³-hybridized carbons (Fsp3) is 0.706. The second-order valence-electron chi connectivity index (χ2n) is 7.59. The van der Waals surface area contributed by atoms with Crippen LogP contribution in [0.15, 0.2) is 12.3 Å². The summed E-state index contributed by atoms with van der Waals surface area (Å²) in [5.74, 6) is 0. The van der Waals surface area contributed by atoms with Crippen molar-refractivity contribution in [2.75, 3.05) is 39.3 Å². The number of morpholine rings is 1. The molecule has 30 heavy (non-hydrogen) atoms. The average molecular weight is 489 g/mol. The number of alkyl halides is 3. The third-order valence-corrected chi connectivity index (χ3v) is 7.91. The highest BCUT2D eigenvalue weighted by atomic mass is 35.5. The molecule has 2 aliphatic rings. The molecule has 7 nitrogen and oxygen atoms in total. The molecule has 3 heterocycles. The molecule has 0 aromatic carbocycles. The lowest BCUT2D eigenvalue weighted by molar-refractivity contribution is -0.138. The molecule has 0 aliphatic carbocycles. The summed E-state index contributed by atoms with van der Waals surface area (Å²) >= 11 is 11.0. The maximum Gasteiger partial charge on any atom is 0.417 e. The minimum atomic E-state index is -4.53. The zero-order valence-corrected chi connectivity index (χ0v) is 19.0. The minimum absolute atomic E-state index is 0.0992. The Hall–Kier alpha value is -0.760. The molecule has 0 N–H and O–H groups in total. The molecule has 2 fully saturated rings. The molecule has 0 radical (unpaired) electrons. The van der Waals surface area contributed by atoms with Crippen LogP contribution in [0.25, 0.3) is 0 Å². The predicted molar refractivity (Wildman–Crippen MR) is 109 cm³/mol. The SMILES string of the molecule is C[C@H]1CN(S(=O)(=O)N2CCN(Cn3cc(C(F)(F)F)cc(Cl)c3=S)CC2)C[C@H](C)O1. The van der Waals surface area contributed by atoms with E-state index in [1.807, 2.05) is 18.7 Å². The van der Waals surface area contributed by atoms with Crippen LogP contribution >= 0.6 is 23.8 Å². The molecule has 0 saturated carbocycles. The Labute approximate surface area is 184 Å². The predicted octanol–water partition coefficient (Wildman–Crippen LogP) is 2.82. The van der Waals surface area contributed by atoms with E-state index in [1.165, 1.54) is 13.2 Å². The maximum atomic E-state index is 13.1. The van der Waals surface area contributed by atoms with Gasteiger partial charge in [-0.1, -0.05) is 23.8 Å². The summed E-state index contributed by atoms with van der Waals surface area (Å²) in [5.41, 5.74) is -0.877. The molecular weight excluding hydrogens is 465 g/mol. The van der Waals surface area contributed by atoms with Gasteiger partial charge >= 0.3 is 6.18 Å². The van der Waals surface area contributed by atoms with Gasteiger partial charge in [-0.15, -0.1) is 0 Å². The van der Waals surface area contributed by atoms with Gasteiger partial charge in [-0.2, -0.15) is 30.2 Å². The Bertz CT molecular complexity index is 923. The van der Waals surface area contributed by atoms with Gasteiger partial charge in [0.05, 0.1) is 29.5 Å². The number of hydrogen-bond acceptors (Lipinski definition) is 5. The van der Waals surface area contributed by atoms with E-state index in [0.717, 1.165) is 12.3 Å². The van der Waals surface area contributed by atoms with Gasteiger partial charge < -0.3 is 9.30 Å². The van der Waals surface area contributed by atoms with Crippen molar-refractivity contribution >= 4 is 34.0 Å². The van der Waals surface area contributed by atoms with Crippen LogP contribution in [0.1, 0.15) is 19.4 Å². The molecule has 2 aliphatic heterocycles. The normalized spacial score (nSPS) is 25.5. The lowest BCUT2D eigenvalue weighted by Crippen LogP contribution is -2.57. The van der Waals surface area contributed by atoms with Crippen molar-refractivity contribution in [2.24, 2.45) is 0 Å². The smallest absolute Gasteiger partial charge is 0.373 e. The van der Waals surface area contributed by atoms with Gasteiger partial charge in [-0.05, 0) is 19.9 Å². The van der Waals surface area contributed by atoms with Gasteiger partial charge in [-0.3, -0.25) is 4.90 Å². The van der Waals surface area contributed by atoms with Gasteiger partial charge in [0, 0.05) is 45.5 Å².